The maximum Gasteiger partial charge on any atom is 0.330 e. The van der Waals surface area contributed by atoms with Gasteiger partial charge in [0.1, 0.15) is 0 Å². The van der Waals surface area contributed by atoms with Crippen LogP contribution in [-0.4, -0.2) is 24.3 Å². The molecule has 6 nitrogen and oxygen atoms in total. The number of ether oxygens (including phenoxy) is 2. The van der Waals surface area contributed by atoms with E-state index in [4.69, 9.17) is 14.7 Å². The Hall–Kier alpha value is -3.20. The second-order valence-electron chi connectivity index (χ2n) is 5.68. The molecule has 0 aliphatic heterocycles. The van der Waals surface area contributed by atoms with E-state index in [1.54, 1.807) is 42.5 Å². The summed E-state index contributed by atoms with van der Waals surface area (Å²) in [6.07, 6.45) is -0.0215. The van der Waals surface area contributed by atoms with Crippen molar-refractivity contribution in [3.63, 3.8) is 0 Å². The van der Waals surface area contributed by atoms with Gasteiger partial charge in [-0.1, -0.05) is 6.07 Å². The number of carbonyl (C=O) groups is 1. The lowest BCUT2D eigenvalue weighted by Crippen LogP contribution is -2.20. The Morgan fingerprint density at radius 1 is 1.16 bits per heavy atom. The normalized spacial score (nSPS) is 11.5. The number of aliphatic carboxylic acids is 1. The maximum absolute atomic E-state index is 11.7. The van der Waals surface area contributed by atoms with Crippen LogP contribution >= 0.6 is 0 Å². The molecule has 0 radical (unpaired) electrons. The molecular weight excluding hydrogens is 320 g/mol. The Kier molecular flexibility index (Phi) is 5.85. The van der Waals surface area contributed by atoms with Gasteiger partial charge in [0.05, 0.1) is 24.8 Å². The van der Waals surface area contributed by atoms with Gasteiger partial charge in [-0.2, -0.15) is 5.26 Å². The molecule has 0 spiro atoms. The Morgan fingerprint density at radius 2 is 1.84 bits per heavy atom. The molecule has 2 aromatic rings. The van der Waals surface area contributed by atoms with Gasteiger partial charge in [-0.15, -0.1) is 0 Å². The van der Waals surface area contributed by atoms with E-state index in [0.717, 1.165) is 0 Å². The number of hydrogen-bond acceptors (Lipinski definition) is 5. The van der Waals surface area contributed by atoms with Crippen LogP contribution in [0.2, 0.25) is 0 Å². The van der Waals surface area contributed by atoms with Crippen molar-refractivity contribution in [2.24, 2.45) is 0 Å². The summed E-state index contributed by atoms with van der Waals surface area (Å²) in [5.41, 5.74) is 1.65. The molecule has 0 saturated heterocycles. The van der Waals surface area contributed by atoms with Gasteiger partial charge in [0.15, 0.2) is 17.5 Å². The number of anilines is 1. The first kappa shape index (κ1) is 18.1. The number of hydrogen-bond donors (Lipinski definition) is 2. The summed E-state index contributed by atoms with van der Waals surface area (Å²) in [5.74, 6) is 0.00628. The molecule has 0 fully saturated rings. The fraction of sp³-hybridized carbons (Fsp3) is 0.263. The number of nitrogens with one attached hydrogen (secondary N) is 1. The summed E-state index contributed by atoms with van der Waals surface area (Å²) in [6.45, 7) is 3.81. The first-order valence-corrected chi connectivity index (χ1v) is 7.78. The van der Waals surface area contributed by atoms with Gasteiger partial charge in [0, 0.05) is 5.69 Å². The molecule has 0 amide bonds. The van der Waals surface area contributed by atoms with E-state index >= 15 is 0 Å². The van der Waals surface area contributed by atoms with Crippen molar-refractivity contribution in [3.8, 4) is 17.6 Å². The fourth-order valence-corrected chi connectivity index (χ4v) is 2.31. The summed E-state index contributed by atoms with van der Waals surface area (Å²) in [7, 11) is 1.51. The molecule has 0 aliphatic rings. The molecule has 2 aromatic carbocycles. The molecule has 130 valence electrons. The molecule has 0 bridgehead atoms. The Morgan fingerprint density at radius 3 is 2.36 bits per heavy atom. The van der Waals surface area contributed by atoms with Gasteiger partial charge < -0.3 is 19.9 Å². The smallest absolute Gasteiger partial charge is 0.330 e. The van der Waals surface area contributed by atoms with Crippen molar-refractivity contribution < 1.29 is 19.4 Å². The van der Waals surface area contributed by atoms with Crippen LogP contribution in [0.5, 0.6) is 11.5 Å². The maximum atomic E-state index is 11.7. The van der Waals surface area contributed by atoms with E-state index in [9.17, 15) is 9.90 Å². The van der Waals surface area contributed by atoms with E-state index < -0.39 is 12.0 Å². The van der Waals surface area contributed by atoms with Crippen LogP contribution in [0.4, 0.5) is 5.69 Å². The van der Waals surface area contributed by atoms with Crippen LogP contribution in [-0.2, 0) is 4.79 Å². The van der Waals surface area contributed by atoms with Crippen LogP contribution in [0.1, 0.15) is 31.0 Å². The average Bonchev–Trinajstić information content (AvgIpc) is 2.60. The van der Waals surface area contributed by atoms with E-state index in [0.29, 0.717) is 28.3 Å². The second kappa shape index (κ2) is 8.06. The molecule has 2 N–H and O–H groups in total. The fourth-order valence-electron chi connectivity index (χ4n) is 2.31. The van der Waals surface area contributed by atoms with Gasteiger partial charge in [-0.25, -0.2) is 4.79 Å². The number of rotatable bonds is 7. The van der Waals surface area contributed by atoms with E-state index in [2.05, 4.69) is 5.32 Å². The Labute approximate surface area is 146 Å². The molecule has 0 aliphatic carbocycles. The number of nitriles is 1. The van der Waals surface area contributed by atoms with Crippen molar-refractivity contribution in [2.75, 3.05) is 12.4 Å². The van der Waals surface area contributed by atoms with Crippen molar-refractivity contribution >= 4 is 11.7 Å². The predicted octanol–water partition coefficient (Wildman–Crippen LogP) is 3.59. The van der Waals surface area contributed by atoms with Crippen LogP contribution in [0.25, 0.3) is 0 Å². The number of carboxylic acids is 1. The molecule has 6 heteroatoms. The molecule has 0 saturated carbocycles. The molecule has 25 heavy (non-hydrogen) atoms. The third-order valence-electron chi connectivity index (χ3n) is 3.46. The largest absolute Gasteiger partial charge is 0.493 e. The molecule has 1 atom stereocenters. The summed E-state index contributed by atoms with van der Waals surface area (Å²) >= 11 is 0. The quantitative estimate of drug-likeness (QED) is 0.800. The van der Waals surface area contributed by atoms with E-state index in [1.807, 2.05) is 19.9 Å². The zero-order valence-electron chi connectivity index (χ0n) is 14.3. The third kappa shape index (κ3) is 4.64. The van der Waals surface area contributed by atoms with E-state index in [-0.39, 0.29) is 6.10 Å². The lowest BCUT2D eigenvalue weighted by atomic mass is 10.1. The first-order chi connectivity index (χ1) is 11.9. The standard InChI is InChI=1S/C19H20N2O4/c1-12(2)25-16-9-6-14(10-17(16)24-3)18(19(22)23)21-15-7-4-13(11-20)5-8-15/h4-10,12,18,21H,1-3H3,(H,22,23). The van der Waals surface area contributed by atoms with Crippen LogP contribution in [0.3, 0.4) is 0 Å². The minimum Gasteiger partial charge on any atom is -0.493 e. The summed E-state index contributed by atoms with van der Waals surface area (Å²) in [5, 5.41) is 21.4. The summed E-state index contributed by atoms with van der Waals surface area (Å²) < 4.78 is 11.0. The SMILES string of the molecule is COc1cc(C(Nc2ccc(C#N)cc2)C(=O)O)ccc1OC(C)C. The lowest BCUT2D eigenvalue weighted by molar-refractivity contribution is -0.138. The third-order valence-corrected chi connectivity index (χ3v) is 3.46. The van der Waals surface area contributed by atoms with Gasteiger partial charge in [-0.05, 0) is 55.8 Å². The van der Waals surface area contributed by atoms with Crippen LogP contribution in [0.15, 0.2) is 42.5 Å². The summed E-state index contributed by atoms with van der Waals surface area (Å²) in [4.78, 5) is 11.7. The Balaban J connectivity index is 2.30. The molecule has 0 heterocycles. The predicted molar refractivity (Wildman–Crippen MR) is 93.9 cm³/mol. The van der Waals surface area contributed by atoms with Gasteiger partial charge in [0.2, 0.25) is 0 Å². The zero-order valence-corrected chi connectivity index (χ0v) is 14.3. The monoisotopic (exact) mass is 340 g/mol. The minimum atomic E-state index is -1.02. The highest BCUT2D eigenvalue weighted by atomic mass is 16.5. The average molecular weight is 340 g/mol. The van der Waals surface area contributed by atoms with Crippen molar-refractivity contribution in [1.29, 1.82) is 5.26 Å². The molecule has 1 unspecified atom stereocenters. The lowest BCUT2D eigenvalue weighted by Gasteiger charge is -2.19. The van der Waals surface area contributed by atoms with Crippen LogP contribution < -0.4 is 14.8 Å². The number of benzene rings is 2. The highest BCUT2D eigenvalue weighted by Crippen LogP contribution is 2.32. The van der Waals surface area contributed by atoms with Gasteiger partial charge >= 0.3 is 5.97 Å². The van der Waals surface area contributed by atoms with Crippen molar-refractivity contribution in [2.45, 2.75) is 26.0 Å². The summed E-state index contributed by atoms with van der Waals surface area (Å²) in [6, 6.07) is 12.7. The molecular formula is C19H20N2O4. The van der Waals surface area contributed by atoms with Crippen molar-refractivity contribution in [3.05, 3.63) is 53.6 Å². The second-order valence-corrected chi connectivity index (χ2v) is 5.68. The highest BCUT2D eigenvalue weighted by molar-refractivity contribution is 5.79. The Bertz CT molecular complexity index is 779. The van der Waals surface area contributed by atoms with E-state index in [1.165, 1.54) is 7.11 Å². The number of nitrogens with zero attached hydrogens (tertiary/aromatic N) is 1. The zero-order chi connectivity index (χ0) is 18.4. The highest BCUT2D eigenvalue weighted by Gasteiger charge is 2.21. The minimum absolute atomic E-state index is 0.0215. The number of carboxylic acid groups (broad SMARTS) is 1. The number of methoxy groups -OCH3 is 1. The van der Waals surface area contributed by atoms with Gasteiger partial charge in [0.25, 0.3) is 0 Å². The topological polar surface area (TPSA) is 91.6 Å². The van der Waals surface area contributed by atoms with Gasteiger partial charge in [-0.3, -0.25) is 0 Å². The molecule has 2 rings (SSSR count). The van der Waals surface area contributed by atoms with Crippen molar-refractivity contribution in [1.82, 2.24) is 0 Å². The van der Waals surface area contributed by atoms with Crippen LogP contribution in [0, 0.1) is 11.3 Å². The molecule has 0 aromatic heterocycles. The first-order valence-electron chi connectivity index (χ1n) is 7.78.